The molecule has 0 heterocycles. The summed E-state index contributed by atoms with van der Waals surface area (Å²) in [6, 6.07) is 85.9. The summed E-state index contributed by atoms with van der Waals surface area (Å²) in [6.07, 6.45) is 2.05. The van der Waals surface area contributed by atoms with Crippen LogP contribution in [0.15, 0.2) is 231 Å². The zero-order valence-electron chi connectivity index (χ0n) is 40.4. The van der Waals surface area contributed by atoms with E-state index in [1.54, 1.807) is 0 Å². The van der Waals surface area contributed by atoms with E-state index in [4.69, 9.17) is 0 Å². The summed E-state index contributed by atoms with van der Waals surface area (Å²) < 4.78 is 0. The van der Waals surface area contributed by atoms with E-state index in [-0.39, 0.29) is 0 Å². The predicted molar refractivity (Wildman–Crippen MR) is 303 cm³/mol. The average Bonchev–Trinajstić information content (AvgIpc) is 3.43. The number of rotatable bonds is 12. The van der Waals surface area contributed by atoms with Crippen LogP contribution in [0, 0.1) is 0 Å². The SMILES string of the molecule is CCC(C)c1cc(N(c2cccc(-c3ccccc3)c2)c2cccc3ccccc23)c2ccc3c(C(C)CC)cc(N(c4cccc(-c5ccccc5)c4)c4cccc5ccccc45)c4ccc1c2c34. The van der Waals surface area contributed by atoms with Gasteiger partial charge in [-0.3, -0.25) is 0 Å². The fourth-order valence-electron chi connectivity index (χ4n) is 11.2. The van der Waals surface area contributed by atoms with Crippen molar-refractivity contribution in [2.45, 2.75) is 52.4 Å². The molecule has 0 bridgehead atoms. The third kappa shape index (κ3) is 7.34. The molecule has 0 saturated carbocycles. The number of hydrogen-bond acceptors (Lipinski definition) is 2. The van der Waals surface area contributed by atoms with E-state index in [2.05, 4.69) is 268 Å². The Balaban J connectivity index is 1.21. The monoisotopic (exact) mass is 900 g/mol. The maximum Gasteiger partial charge on any atom is 0.0543 e. The van der Waals surface area contributed by atoms with Crippen molar-refractivity contribution in [3.8, 4) is 22.3 Å². The Morgan fingerprint density at radius 1 is 0.300 bits per heavy atom. The van der Waals surface area contributed by atoms with Crippen LogP contribution in [0.5, 0.6) is 0 Å². The van der Waals surface area contributed by atoms with Gasteiger partial charge in [-0.25, -0.2) is 0 Å². The highest BCUT2D eigenvalue weighted by atomic mass is 15.2. The van der Waals surface area contributed by atoms with Crippen molar-refractivity contribution < 1.29 is 0 Å². The molecule has 2 nitrogen and oxygen atoms in total. The first-order valence-electron chi connectivity index (χ1n) is 25.1. The van der Waals surface area contributed by atoms with Crippen LogP contribution in [-0.4, -0.2) is 0 Å². The van der Waals surface area contributed by atoms with Crippen molar-refractivity contribution >= 4 is 88.0 Å². The van der Waals surface area contributed by atoms with Gasteiger partial charge in [0.25, 0.3) is 0 Å². The smallest absolute Gasteiger partial charge is 0.0543 e. The highest BCUT2D eigenvalue weighted by molar-refractivity contribution is 6.30. The molecular formula is C68H56N2. The molecule has 2 atom stereocenters. The summed E-state index contributed by atoms with van der Waals surface area (Å²) in [5.74, 6) is 0.629. The maximum atomic E-state index is 2.56. The molecule has 0 saturated heterocycles. The molecule has 0 aromatic heterocycles. The van der Waals surface area contributed by atoms with Crippen LogP contribution in [0.1, 0.15) is 63.5 Å². The van der Waals surface area contributed by atoms with Crippen molar-refractivity contribution in [2.24, 2.45) is 0 Å². The largest absolute Gasteiger partial charge is 0.309 e. The average molecular weight is 901 g/mol. The number of nitrogens with zero attached hydrogens (tertiary/aromatic N) is 2. The van der Waals surface area contributed by atoms with Crippen LogP contribution in [0.4, 0.5) is 34.1 Å². The van der Waals surface area contributed by atoms with E-state index in [0.29, 0.717) is 11.8 Å². The van der Waals surface area contributed by atoms with Crippen molar-refractivity contribution in [3.05, 3.63) is 242 Å². The van der Waals surface area contributed by atoms with E-state index >= 15 is 0 Å². The van der Waals surface area contributed by atoms with Crippen LogP contribution in [0.25, 0.3) is 76.1 Å². The second kappa shape index (κ2) is 18.0. The molecule has 0 N–H and O–H groups in total. The highest BCUT2D eigenvalue weighted by Crippen LogP contribution is 2.53. The van der Waals surface area contributed by atoms with E-state index in [1.807, 2.05) is 0 Å². The molecular weight excluding hydrogens is 845 g/mol. The highest BCUT2D eigenvalue weighted by Gasteiger charge is 2.28. The van der Waals surface area contributed by atoms with Crippen LogP contribution < -0.4 is 9.80 Å². The summed E-state index contributed by atoms with van der Waals surface area (Å²) >= 11 is 0. The number of fused-ring (bicyclic) bond motifs is 2. The molecule has 0 spiro atoms. The Bertz CT molecular complexity index is 3590. The molecule has 0 aliphatic heterocycles. The second-order valence-corrected chi connectivity index (χ2v) is 19.2. The summed E-state index contributed by atoms with van der Waals surface area (Å²) in [6.45, 7) is 9.48. The molecule has 12 rings (SSSR count). The molecule has 338 valence electrons. The zero-order chi connectivity index (χ0) is 47.3. The van der Waals surface area contributed by atoms with Gasteiger partial charge in [0.2, 0.25) is 0 Å². The lowest BCUT2D eigenvalue weighted by Gasteiger charge is -2.33. The van der Waals surface area contributed by atoms with Gasteiger partial charge < -0.3 is 9.80 Å². The lowest BCUT2D eigenvalue weighted by Crippen LogP contribution is -2.14. The van der Waals surface area contributed by atoms with Gasteiger partial charge in [-0.1, -0.05) is 210 Å². The van der Waals surface area contributed by atoms with E-state index in [0.717, 1.165) is 35.6 Å². The summed E-state index contributed by atoms with van der Waals surface area (Å²) in [4.78, 5) is 5.11. The van der Waals surface area contributed by atoms with Crippen LogP contribution in [0.2, 0.25) is 0 Å². The Hall–Kier alpha value is -8.20. The Morgan fingerprint density at radius 3 is 1.09 bits per heavy atom. The third-order valence-corrected chi connectivity index (χ3v) is 15.1. The first-order valence-corrected chi connectivity index (χ1v) is 25.1. The van der Waals surface area contributed by atoms with Crippen molar-refractivity contribution in [3.63, 3.8) is 0 Å². The van der Waals surface area contributed by atoms with Gasteiger partial charge in [-0.05, 0) is 139 Å². The summed E-state index contributed by atoms with van der Waals surface area (Å²) in [5, 5.41) is 12.7. The Labute approximate surface area is 412 Å². The van der Waals surface area contributed by atoms with E-state index < -0.39 is 0 Å². The van der Waals surface area contributed by atoms with Gasteiger partial charge in [0.15, 0.2) is 0 Å². The molecule has 0 aliphatic carbocycles. The number of benzene rings is 12. The lowest BCUT2D eigenvalue weighted by molar-refractivity contribution is 0.739. The minimum absolute atomic E-state index is 0.315. The normalized spacial score (nSPS) is 12.6. The van der Waals surface area contributed by atoms with Crippen molar-refractivity contribution in [1.82, 2.24) is 0 Å². The quantitative estimate of drug-likeness (QED) is 0.113. The molecule has 12 aromatic carbocycles. The van der Waals surface area contributed by atoms with Gasteiger partial charge in [-0.15, -0.1) is 0 Å². The number of hydrogen-bond donors (Lipinski definition) is 0. The van der Waals surface area contributed by atoms with Gasteiger partial charge >= 0.3 is 0 Å². The van der Waals surface area contributed by atoms with Crippen LogP contribution >= 0.6 is 0 Å². The molecule has 0 aliphatic rings. The first kappa shape index (κ1) is 43.1. The Morgan fingerprint density at radius 2 is 0.657 bits per heavy atom. The van der Waals surface area contributed by atoms with Gasteiger partial charge in [-0.2, -0.15) is 0 Å². The standard InChI is InChI=1S/C68H56N2/c1-5-45(3)61-43-65(69(63-35-19-27-49-25-13-15-33-55(49)63)53-31-17-29-51(41-53)47-21-9-7-10-22-47)59-40-38-58-62(46(4)6-2)44-66(60-39-37-57(61)67(59)68(58)60)70(64-36-20-28-50-26-14-16-34-56(50)64)54-32-18-30-52(42-54)48-23-11-8-12-24-48/h7-46H,5-6H2,1-4H3. The lowest BCUT2D eigenvalue weighted by atomic mass is 9.82. The molecule has 70 heavy (non-hydrogen) atoms. The summed E-state index contributed by atoms with van der Waals surface area (Å²) in [5.41, 5.74) is 14.5. The van der Waals surface area contributed by atoms with E-state index in [1.165, 1.54) is 98.6 Å². The summed E-state index contributed by atoms with van der Waals surface area (Å²) in [7, 11) is 0. The fraction of sp³-hybridized carbons (Fsp3) is 0.118. The van der Waals surface area contributed by atoms with E-state index in [9.17, 15) is 0 Å². The van der Waals surface area contributed by atoms with Gasteiger partial charge in [0.1, 0.15) is 0 Å². The molecule has 0 fully saturated rings. The fourth-order valence-corrected chi connectivity index (χ4v) is 11.2. The number of anilines is 6. The van der Waals surface area contributed by atoms with Gasteiger partial charge in [0, 0.05) is 32.9 Å². The first-order chi connectivity index (χ1) is 34.5. The van der Waals surface area contributed by atoms with Crippen molar-refractivity contribution in [2.75, 3.05) is 9.80 Å². The second-order valence-electron chi connectivity index (χ2n) is 19.2. The Kier molecular flexibility index (Phi) is 11.1. The minimum atomic E-state index is 0.315. The zero-order valence-corrected chi connectivity index (χ0v) is 40.4. The topological polar surface area (TPSA) is 6.48 Å². The van der Waals surface area contributed by atoms with Crippen LogP contribution in [0.3, 0.4) is 0 Å². The predicted octanol–water partition coefficient (Wildman–Crippen LogP) is 20.2. The third-order valence-electron chi connectivity index (χ3n) is 15.1. The molecule has 2 unspecified atom stereocenters. The minimum Gasteiger partial charge on any atom is -0.309 e. The molecule has 12 aromatic rings. The molecule has 0 amide bonds. The maximum absolute atomic E-state index is 2.56. The molecule has 0 radical (unpaired) electrons. The van der Waals surface area contributed by atoms with Crippen LogP contribution in [-0.2, 0) is 0 Å². The van der Waals surface area contributed by atoms with Gasteiger partial charge in [0.05, 0.1) is 22.7 Å². The van der Waals surface area contributed by atoms with Crippen molar-refractivity contribution in [1.29, 1.82) is 0 Å². The molecule has 2 heteroatoms.